The van der Waals surface area contributed by atoms with Crippen LogP contribution in [0.5, 0.6) is 17.2 Å². The molecule has 1 aliphatic heterocycles. The number of carbonyl (C=O) groups is 2. The quantitative estimate of drug-likeness (QED) is 0.174. The molecule has 0 saturated carbocycles. The minimum absolute atomic E-state index is 0.128. The van der Waals surface area contributed by atoms with E-state index < -0.39 is 18.0 Å². The minimum atomic E-state index is -0.911. The van der Waals surface area contributed by atoms with E-state index >= 15 is 0 Å². The summed E-state index contributed by atoms with van der Waals surface area (Å²) in [5, 5.41) is 1.03. The number of nitrogens with zero attached hydrogens (tertiary/aromatic N) is 2. The number of ether oxygens (including phenoxy) is 5. The molecule has 0 spiro atoms. The van der Waals surface area contributed by atoms with Crippen molar-refractivity contribution in [1.82, 2.24) is 4.57 Å². The molecule has 0 N–H and O–H groups in total. The molecule has 48 heavy (non-hydrogen) atoms. The van der Waals surface area contributed by atoms with Crippen LogP contribution in [0.25, 0.3) is 6.08 Å². The predicted octanol–water partition coefficient (Wildman–Crippen LogP) is 5.63. The highest BCUT2D eigenvalue weighted by atomic mass is 35.5. The van der Waals surface area contributed by atoms with Gasteiger partial charge >= 0.3 is 11.9 Å². The number of hydrogen-bond donors (Lipinski definition) is 0. The van der Waals surface area contributed by atoms with E-state index in [-0.39, 0.29) is 31.0 Å². The molecule has 5 rings (SSSR count). The summed E-state index contributed by atoms with van der Waals surface area (Å²) in [4.78, 5) is 44.4. The molecule has 1 aliphatic rings. The SMILES string of the molecule is CCOC(=O)C1=C(C)N=c2s/c(=C/c3cc(Cl)ccc3OCc3ccccc3Cl)c(=O)n2[C@@H]1c1ccc(OCC(=O)OC)c(OCC)c1. The van der Waals surface area contributed by atoms with Crippen molar-refractivity contribution < 1.29 is 33.3 Å². The maximum absolute atomic E-state index is 14.3. The maximum Gasteiger partial charge on any atom is 0.343 e. The summed E-state index contributed by atoms with van der Waals surface area (Å²) in [5.74, 6) is -0.0600. The van der Waals surface area contributed by atoms with Gasteiger partial charge in [0, 0.05) is 21.2 Å². The summed E-state index contributed by atoms with van der Waals surface area (Å²) in [6.45, 7) is 5.50. The van der Waals surface area contributed by atoms with Crippen LogP contribution in [0.4, 0.5) is 0 Å². The molecule has 13 heteroatoms. The summed E-state index contributed by atoms with van der Waals surface area (Å²) < 4.78 is 29.5. The Hall–Kier alpha value is -4.58. The van der Waals surface area contributed by atoms with Crippen LogP contribution in [-0.4, -0.2) is 43.4 Å². The maximum atomic E-state index is 14.3. The van der Waals surface area contributed by atoms with Crippen molar-refractivity contribution in [2.24, 2.45) is 4.99 Å². The molecule has 0 unspecified atom stereocenters. The van der Waals surface area contributed by atoms with Crippen molar-refractivity contribution in [3.63, 3.8) is 0 Å². The second kappa shape index (κ2) is 15.5. The summed E-state index contributed by atoms with van der Waals surface area (Å²) in [7, 11) is 1.26. The first kappa shape index (κ1) is 34.7. The molecule has 0 saturated heterocycles. The molecular formula is C35H32Cl2N2O8S. The van der Waals surface area contributed by atoms with Crippen LogP contribution in [0.1, 0.15) is 43.5 Å². The van der Waals surface area contributed by atoms with Gasteiger partial charge in [0.05, 0.1) is 42.2 Å². The predicted molar refractivity (Wildman–Crippen MR) is 183 cm³/mol. The number of methoxy groups -OCH3 is 1. The Bertz CT molecular complexity index is 2070. The van der Waals surface area contributed by atoms with Crippen LogP contribution in [0.3, 0.4) is 0 Å². The zero-order chi connectivity index (χ0) is 34.4. The Morgan fingerprint density at radius 2 is 1.73 bits per heavy atom. The van der Waals surface area contributed by atoms with Crippen LogP contribution in [0, 0.1) is 0 Å². The molecule has 0 fully saturated rings. The number of carbonyl (C=O) groups excluding carboxylic acids is 2. The highest BCUT2D eigenvalue weighted by molar-refractivity contribution is 7.07. The zero-order valence-corrected chi connectivity index (χ0v) is 28.9. The number of aromatic nitrogens is 1. The van der Waals surface area contributed by atoms with Gasteiger partial charge in [0.25, 0.3) is 5.56 Å². The Balaban J connectivity index is 1.62. The fourth-order valence-electron chi connectivity index (χ4n) is 5.06. The number of fused-ring (bicyclic) bond motifs is 1. The Morgan fingerprint density at radius 3 is 2.46 bits per heavy atom. The first-order chi connectivity index (χ1) is 23.1. The first-order valence-corrected chi connectivity index (χ1v) is 16.5. The summed E-state index contributed by atoms with van der Waals surface area (Å²) in [5.41, 5.74) is 2.13. The Morgan fingerprint density at radius 1 is 0.958 bits per heavy atom. The summed E-state index contributed by atoms with van der Waals surface area (Å²) in [6.07, 6.45) is 1.69. The van der Waals surface area contributed by atoms with Crippen molar-refractivity contribution in [3.05, 3.63) is 118 Å². The molecule has 1 atom stereocenters. The molecule has 250 valence electrons. The van der Waals surface area contributed by atoms with Gasteiger partial charge in [0.2, 0.25) is 0 Å². The lowest BCUT2D eigenvalue weighted by molar-refractivity contribution is -0.143. The van der Waals surface area contributed by atoms with Crippen molar-refractivity contribution in [3.8, 4) is 17.2 Å². The number of thiazole rings is 1. The Kier molecular flexibility index (Phi) is 11.3. The third kappa shape index (κ3) is 7.59. The average molecular weight is 712 g/mol. The van der Waals surface area contributed by atoms with E-state index in [9.17, 15) is 14.4 Å². The van der Waals surface area contributed by atoms with Gasteiger partial charge in [-0.05, 0) is 68.8 Å². The van der Waals surface area contributed by atoms with Crippen LogP contribution in [0.2, 0.25) is 10.0 Å². The van der Waals surface area contributed by atoms with Gasteiger partial charge in [0.15, 0.2) is 22.9 Å². The van der Waals surface area contributed by atoms with Crippen molar-refractivity contribution in [2.45, 2.75) is 33.4 Å². The standard InChI is InChI=1S/C35H32Cl2N2O8S/c1-5-44-28-16-21(11-13-27(28)47-19-30(40)43-4)32-31(34(42)45-6-2)20(3)38-35-39(32)33(41)29(48-35)17-23-15-24(36)12-14-26(23)46-18-22-9-7-8-10-25(22)37/h7-17,32H,5-6,18-19H2,1-4H3/b29-17+/t32-/m1/s1. The zero-order valence-electron chi connectivity index (χ0n) is 26.6. The fraction of sp³-hybridized carbons (Fsp3) is 0.257. The van der Waals surface area contributed by atoms with Crippen LogP contribution >= 0.6 is 34.5 Å². The van der Waals surface area contributed by atoms with E-state index in [2.05, 4.69) is 9.73 Å². The van der Waals surface area contributed by atoms with E-state index in [0.29, 0.717) is 60.1 Å². The topological polar surface area (TPSA) is 115 Å². The normalized spacial score (nSPS) is 14.2. The number of hydrogen-bond acceptors (Lipinski definition) is 10. The van der Waals surface area contributed by atoms with E-state index in [1.54, 1.807) is 69.3 Å². The van der Waals surface area contributed by atoms with Crippen molar-refractivity contribution in [2.75, 3.05) is 26.9 Å². The van der Waals surface area contributed by atoms with Crippen molar-refractivity contribution >= 4 is 52.6 Å². The van der Waals surface area contributed by atoms with Crippen LogP contribution in [-0.2, 0) is 25.7 Å². The highest BCUT2D eigenvalue weighted by Crippen LogP contribution is 2.36. The molecule has 2 heterocycles. The van der Waals surface area contributed by atoms with Gasteiger partial charge in [-0.25, -0.2) is 14.6 Å². The van der Waals surface area contributed by atoms with Gasteiger partial charge in [-0.3, -0.25) is 9.36 Å². The molecule has 0 amide bonds. The van der Waals surface area contributed by atoms with E-state index in [4.69, 9.17) is 42.1 Å². The molecule has 1 aromatic heterocycles. The number of halogens is 2. The second-order valence-corrected chi connectivity index (χ2v) is 12.2. The number of rotatable bonds is 12. The van der Waals surface area contributed by atoms with Gasteiger partial charge in [-0.2, -0.15) is 0 Å². The van der Waals surface area contributed by atoms with Gasteiger partial charge < -0.3 is 23.7 Å². The first-order valence-electron chi connectivity index (χ1n) is 15.0. The van der Waals surface area contributed by atoms with E-state index in [1.165, 1.54) is 11.7 Å². The lowest BCUT2D eigenvalue weighted by Crippen LogP contribution is -2.40. The molecule has 3 aromatic carbocycles. The van der Waals surface area contributed by atoms with Crippen LogP contribution in [0.15, 0.2) is 81.7 Å². The Labute approximate surface area is 290 Å². The monoisotopic (exact) mass is 710 g/mol. The molecule has 4 aromatic rings. The van der Waals surface area contributed by atoms with E-state index in [1.807, 2.05) is 18.2 Å². The number of esters is 2. The fourth-order valence-corrected chi connectivity index (χ4v) is 6.47. The molecular weight excluding hydrogens is 679 g/mol. The van der Waals surface area contributed by atoms with Gasteiger partial charge in [-0.1, -0.05) is 58.8 Å². The third-order valence-corrected chi connectivity index (χ3v) is 8.86. The summed E-state index contributed by atoms with van der Waals surface area (Å²) in [6, 6.07) is 16.6. The molecule has 0 radical (unpaired) electrons. The highest BCUT2D eigenvalue weighted by Gasteiger charge is 2.34. The number of allylic oxidation sites excluding steroid dienone is 1. The lowest BCUT2D eigenvalue weighted by Gasteiger charge is -2.25. The van der Waals surface area contributed by atoms with Crippen molar-refractivity contribution in [1.29, 1.82) is 0 Å². The average Bonchev–Trinajstić information content (AvgIpc) is 3.37. The molecule has 0 bridgehead atoms. The number of benzene rings is 3. The van der Waals surface area contributed by atoms with Gasteiger partial charge in [0.1, 0.15) is 12.4 Å². The summed E-state index contributed by atoms with van der Waals surface area (Å²) >= 11 is 13.9. The van der Waals surface area contributed by atoms with Gasteiger partial charge in [-0.15, -0.1) is 0 Å². The second-order valence-electron chi connectivity index (χ2n) is 10.4. The molecule has 0 aliphatic carbocycles. The van der Waals surface area contributed by atoms with E-state index in [0.717, 1.165) is 16.9 Å². The van der Waals surface area contributed by atoms with Crippen LogP contribution < -0.4 is 29.1 Å². The molecule has 10 nitrogen and oxygen atoms in total. The largest absolute Gasteiger partial charge is 0.490 e. The third-order valence-electron chi connectivity index (χ3n) is 7.27. The lowest BCUT2D eigenvalue weighted by atomic mass is 9.95. The smallest absolute Gasteiger partial charge is 0.343 e. The minimum Gasteiger partial charge on any atom is -0.490 e.